The van der Waals surface area contributed by atoms with Gasteiger partial charge in [0.25, 0.3) is 5.91 Å². The monoisotopic (exact) mass is 365 g/mol. The summed E-state index contributed by atoms with van der Waals surface area (Å²) in [7, 11) is 0. The minimum atomic E-state index is -0.193. The predicted molar refractivity (Wildman–Crippen MR) is 104 cm³/mol. The van der Waals surface area contributed by atoms with Gasteiger partial charge in [0.1, 0.15) is 11.6 Å². The van der Waals surface area contributed by atoms with Gasteiger partial charge in [0.2, 0.25) is 0 Å². The molecule has 7 nitrogen and oxygen atoms in total. The van der Waals surface area contributed by atoms with E-state index in [2.05, 4.69) is 34.3 Å². The molecule has 0 spiro atoms. The average molecular weight is 365 g/mol. The van der Waals surface area contributed by atoms with Crippen LogP contribution in [0.2, 0.25) is 0 Å². The minimum absolute atomic E-state index is 0.193. The number of carbonyl (C=O) groups is 1. The van der Waals surface area contributed by atoms with Gasteiger partial charge >= 0.3 is 0 Å². The van der Waals surface area contributed by atoms with Crippen LogP contribution in [0.15, 0.2) is 48.5 Å². The number of anilines is 1. The van der Waals surface area contributed by atoms with E-state index in [0.717, 1.165) is 5.56 Å². The number of ether oxygens (including phenoxy) is 1. The molecule has 1 heterocycles. The second-order valence-electron chi connectivity index (χ2n) is 6.57. The maximum absolute atomic E-state index is 12.5. The highest BCUT2D eigenvalue weighted by Crippen LogP contribution is 2.20. The second kappa shape index (κ2) is 8.46. The Morgan fingerprint density at radius 3 is 2.67 bits per heavy atom. The van der Waals surface area contributed by atoms with Gasteiger partial charge < -0.3 is 15.8 Å². The lowest BCUT2D eigenvalue weighted by Crippen LogP contribution is -2.12. The van der Waals surface area contributed by atoms with E-state index in [-0.39, 0.29) is 5.91 Å². The van der Waals surface area contributed by atoms with Gasteiger partial charge in [0.05, 0.1) is 13.2 Å². The van der Waals surface area contributed by atoms with Crippen molar-refractivity contribution in [2.24, 2.45) is 11.7 Å². The summed E-state index contributed by atoms with van der Waals surface area (Å²) in [6.45, 7) is 5.08. The lowest BCUT2D eigenvalue weighted by atomic mass is 10.1. The number of carbonyl (C=O) groups excluding carboxylic acids is 1. The molecule has 7 heteroatoms. The molecule has 0 fully saturated rings. The van der Waals surface area contributed by atoms with Gasteiger partial charge in [-0.05, 0) is 48.4 Å². The maximum Gasteiger partial charge on any atom is 0.255 e. The number of benzene rings is 2. The van der Waals surface area contributed by atoms with Gasteiger partial charge in [-0.1, -0.05) is 19.9 Å². The zero-order valence-electron chi connectivity index (χ0n) is 15.4. The Morgan fingerprint density at radius 1 is 1.22 bits per heavy atom. The van der Waals surface area contributed by atoms with Crippen LogP contribution in [0, 0.1) is 5.92 Å². The molecular formula is C20H23N5O2. The molecule has 0 saturated carbocycles. The topological polar surface area (TPSA) is 106 Å². The number of rotatable bonds is 7. The number of hydrogen-bond donors (Lipinski definition) is 3. The Kier molecular flexibility index (Phi) is 5.83. The van der Waals surface area contributed by atoms with Crippen LogP contribution in [-0.4, -0.2) is 27.7 Å². The van der Waals surface area contributed by atoms with Crippen molar-refractivity contribution < 1.29 is 9.53 Å². The van der Waals surface area contributed by atoms with Crippen LogP contribution >= 0.6 is 0 Å². The molecule has 0 atom stereocenters. The van der Waals surface area contributed by atoms with Crippen molar-refractivity contribution in [1.29, 1.82) is 0 Å². The van der Waals surface area contributed by atoms with Crippen LogP contribution in [0.25, 0.3) is 11.4 Å². The molecule has 3 aromatic rings. The molecule has 2 aromatic carbocycles. The van der Waals surface area contributed by atoms with Gasteiger partial charge in [-0.25, -0.2) is 4.98 Å². The van der Waals surface area contributed by atoms with Crippen LogP contribution in [0.1, 0.15) is 30.0 Å². The molecule has 1 amide bonds. The molecule has 27 heavy (non-hydrogen) atoms. The molecular weight excluding hydrogens is 342 g/mol. The number of amides is 1. The quantitative estimate of drug-likeness (QED) is 0.596. The first-order valence-electron chi connectivity index (χ1n) is 8.81. The number of H-pyrrole nitrogens is 1. The highest BCUT2D eigenvalue weighted by molar-refractivity contribution is 6.04. The van der Waals surface area contributed by atoms with Crippen LogP contribution in [-0.2, 0) is 6.54 Å². The van der Waals surface area contributed by atoms with E-state index in [0.29, 0.717) is 47.7 Å². The number of nitrogens with two attached hydrogens (primary N) is 1. The van der Waals surface area contributed by atoms with Crippen molar-refractivity contribution in [3.8, 4) is 17.1 Å². The Labute approximate surface area is 158 Å². The van der Waals surface area contributed by atoms with E-state index in [1.54, 1.807) is 12.1 Å². The van der Waals surface area contributed by atoms with Gasteiger partial charge in [-0.3, -0.25) is 9.89 Å². The van der Waals surface area contributed by atoms with Crippen molar-refractivity contribution in [2.45, 2.75) is 20.4 Å². The van der Waals surface area contributed by atoms with Crippen LogP contribution in [0.5, 0.6) is 5.75 Å². The molecule has 0 aliphatic carbocycles. The molecule has 1 aromatic heterocycles. The molecule has 0 unspecified atom stereocenters. The Morgan fingerprint density at radius 2 is 2.00 bits per heavy atom. The molecule has 0 saturated heterocycles. The number of aromatic amines is 1. The number of hydrogen-bond acceptors (Lipinski definition) is 5. The normalized spacial score (nSPS) is 10.8. The number of aromatic nitrogens is 3. The van der Waals surface area contributed by atoms with Gasteiger partial charge in [0, 0.05) is 16.8 Å². The van der Waals surface area contributed by atoms with Crippen LogP contribution in [0.4, 0.5) is 5.69 Å². The zero-order valence-corrected chi connectivity index (χ0v) is 15.4. The lowest BCUT2D eigenvalue weighted by Gasteiger charge is -2.10. The molecule has 0 radical (unpaired) electrons. The van der Waals surface area contributed by atoms with Crippen LogP contribution in [0.3, 0.4) is 0 Å². The van der Waals surface area contributed by atoms with Crippen molar-refractivity contribution in [3.63, 3.8) is 0 Å². The Hall–Kier alpha value is -3.19. The average Bonchev–Trinajstić information content (AvgIpc) is 3.16. The molecule has 4 N–H and O–H groups in total. The first-order valence-corrected chi connectivity index (χ1v) is 8.81. The SMILES string of the molecule is CC(C)COc1cccc(C(=O)Nc2ccc(-c3n[nH]c(CN)n3)cc2)c1. The zero-order chi connectivity index (χ0) is 19.2. The summed E-state index contributed by atoms with van der Waals surface area (Å²) in [5.41, 5.74) is 7.60. The second-order valence-corrected chi connectivity index (χ2v) is 6.57. The van der Waals surface area contributed by atoms with Crippen molar-refractivity contribution in [2.75, 3.05) is 11.9 Å². The number of nitrogens with zero attached hydrogens (tertiary/aromatic N) is 2. The summed E-state index contributed by atoms with van der Waals surface area (Å²) in [5.74, 6) is 2.12. The third kappa shape index (κ3) is 4.92. The third-order valence-electron chi connectivity index (χ3n) is 3.81. The summed E-state index contributed by atoms with van der Waals surface area (Å²) < 4.78 is 5.68. The van der Waals surface area contributed by atoms with E-state index in [1.165, 1.54) is 0 Å². The fraction of sp³-hybridized carbons (Fsp3) is 0.250. The molecule has 0 aliphatic rings. The van der Waals surface area contributed by atoms with E-state index in [4.69, 9.17) is 10.5 Å². The van der Waals surface area contributed by atoms with Crippen molar-refractivity contribution in [1.82, 2.24) is 15.2 Å². The maximum atomic E-state index is 12.5. The van der Waals surface area contributed by atoms with E-state index >= 15 is 0 Å². The predicted octanol–water partition coefficient (Wildman–Crippen LogP) is 3.22. The van der Waals surface area contributed by atoms with E-state index < -0.39 is 0 Å². The first-order chi connectivity index (χ1) is 13.0. The van der Waals surface area contributed by atoms with Gasteiger partial charge in [0.15, 0.2) is 5.82 Å². The summed E-state index contributed by atoms with van der Waals surface area (Å²) in [5, 5.41) is 9.78. The largest absolute Gasteiger partial charge is 0.493 e. The van der Waals surface area contributed by atoms with Crippen LogP contribution < -0.4 is 15.8 Å². The fourth-order valence-corrected chi connectivity index (χ4v) is 2.41. The van der Waals surface area contributed by atoms with Gasteiger partial charge in [-0.2, -0.15) is 5.10 Å². The Balaban J connectivity index is 1.66. The molecule has 3 rings (SSSR count). The summed E-state index contributed by atoms with van der Waals surface area (Å²) in [6.07, 6.45) is 0. The minimum Gasteiger partial charge on any atom is -0.493 e. The van der Waals surface area contributed by atoms with Gasteiger partial charge in [-0.15, -0.1) is 0 Å². The highest BCUT2D eigenvalue weighted by Gasteiger charge is 2.09. The Bertz CT molecular complexity index is 903. The van der Waals surface area contributed by atoms with Crippen molar-refractivity contribution >= 4 is 11.6 Å². The highest BCUT2D eigenvalue weighted by atomic mass is 16.5. The molecule has 0 bridgehead atoms. The summed E-state index contributed by atoms with van der Waals surface area (Å²) >= 11 is 0. The summed E-state index contributed by atoms with van der Waals surface area (Å²) in [4.78, 5) is 16.8. The number of nitrogens with one attached hydrogen (secondary N) is 2. The van der Waals surface area contributed by atoms with E-state index in [9.17, 15) is 4.79 Å². The fourth-order valence-electron chi connectivity index (χ4n) is 2.41. The molecule has 0 aliphatic heterocycles. The van der Waals surface area contributed by atoms with E-state index in [1.807, 2.05) is 36.4 Å². The third-order valence-corrected chi connectivity index (χ3v) is 3.81. The standard InChI is InChI=1S/C20H23N5O2/c1-13(2)12-27-17-5-3-4-15(10-17)20(26)22-16-8-6-14(7-9-16)19-23-18(11-21)24-25-19/h3-10,13H,11-12,21H2,1-2H3,(H,22,26)(H,23,24,25). The first kappa shape index (κ1) is 18.6. The van der Waals surface area contributed by atoms with Crippen molar-refractivity contribution in [3.05, 3.63) is 59.9 Å². The summed E-state index contributed by atoms with van der Waals surface area (Å²) in [6, 6.07) is 14.5. The lowest BCUT2D eigenvalue weighted by molar-refractivity contribution is 0.102. The smallest absolute Gasteiger partial charge is 0.255 e. The molecule has 140 valence electrons.